The number of nitrogens with zero attached hydrogens (tertiary/aromatic N) is 2. The molecule has 0 radical (unpaired) electrons. The van der Waals surface area contributed by atoms with Gasteiger partial charge in [-0.3, -0.25) is 0 Å². The van der Waals surface area contributed by atoms with E-state index in [2.05, 4.69) is 24.0 Å². The number of esters is 1. The molecule has 0 spiro atoms. The smallest absolute Gasteiger partial charge is 0.339 e. The lowest BCUT2D eigenvalue weighted by molar-refractivity contribution is 0.0490. The van der Waals surface area contributed by atoms with E-state index in [-0.39, 0.29) is 5.97 Å². The van der Waals surface area contributed by atoms with Crippen molar-refractivity contribution in [2.75, 3.05) is 6.61 Å². The van der Waals surface area contributed by atoms with Gasteiger partial charge in [0.1, 0.15) is 0 Å². The van der Waals surface area contributed by atoms with Crippen LogP contribution in [-0.4, -0.2) is 22.7 Å². The summed E-state index contributed by atoms with van der Waals surface area (Å²) in [6.07, 6.45) is 0.828. The molecule has 2 aromatic heterocycles. The highest BCUT2D eigenvalue weighted by atomic mass is 16.5. The van der Waals surface area contributed by atoms with E-state index in [1.54, 1.807) is 13.0 Å². The number of aryl methyl sites for hydroxylation is 1. The average molecular weight is 324 g/mol. The van der Waals surface area contributed by atoms with Crippen LogP contribution in [0.3, 0.4) is 0 Å². The van der Waals surface area contributed by atoms with Crippen molar-refractivity contribution in [2.24, 2.45) is 5.92 Å². The van der Waals surface area contributed by atoms with Crippen LogP contribution < -0.4 is 0 Å². The maximum absolute atomic E-state index is 12.6. The standard InChI is InChI=1S/C19H20N2O3/c1-12(2)9-10-23-19(22)15-11-16(14-7-5-4-6-8-14)20-18-17(15)13(3)21-24-18/h4-8,11-12H,9-10H2,1-3H3. The third-order valence-electron chi connectivity index (χ3n) is 3.83. The Morgan fingerprint density at radius 2 is 2.00 bits per heavy atom. The summed E-state index contributed by atoms with van der Waals surface area (Å²) >= 11 is 0. The third kappa shape index (κ3) is 3.30. The lowest BCUT2D eigenvalue weighted by Crippen LogP contribution is -2.09. The highest BCUT2D eigenvalue weighted by molar-refractivity contribution is 6.04. The second-order valence-corrected chi connectivity index (χ2v) is 6.19. The summed E-state index contributed by atoms with van der Waals surface area (Å²) in [6.45, 7) is 6.37. The van der Waals surface area contributed by atoms with Crippen molar-refractivity contribution in [2.45, 2.75) is 27.2 Å². The van der Waals surface area contributed by atoms with Crippen molar-refractivity contribution in [3.8, 4) is 11.3 Å². The first-order valence-electron chi connectivity index (χ1n) is 8.06. The van der Waals surface area contributed by atoms with Gasteiger partial charge in [0.2, 0.25) is 0 Å². The molecule has 0 saturated heterocycles. The van der Waals surface area contributed by atoms with Crippen molar-refractivity contribution in [1.82, 2.24) is 10.1 Å². The molecule has 0 unspecified atom stereocenters. The van der Waals surface area contributed by atoms with E-state index in [9.17, 15) is 4.79 Å². The Morgan fingerprint density at radius 1 is 1.25 bits per heavy atom. The number of hydrogen-bond donors (Lipinski definition) is 0. The molecule has 0 N–H and O–H groups in total. The number of aromatic nitrogens is 2. The SMILES string of the molecule is Cc1noc2nc(-c3ccccc3)cc(C(=O)OCCC(C)C)c12. The summed E-state index contributed by atoms with van der Waals surface area (Å²) in [5.74, 6) is 0.110. The predicted molar refractivity (Wildman–Crippen MR) is 91.7 cm³/mol. The number of hydrogen-bond acceptors (Lipinski definition) is 5. The minimum atomic E-state index is -0.369. The fourth-order valence-corrected chi connectivity index (χ4v) is 2.48. The van der Waals surface area contributed by atoms with Gasteiger partial charge in [0.05, 0.1) is 28.9 Å². The van der Waals surface area contributed by atoms with E-state index < -0.39 is 0 Å². The van der Waals surface area contributed by atoms with E-state index >= 15 is 0 Å². The molecular formula is C19H20N2O3. The Balaban J connectivity index is 2.01. The number of fused-ring (bicyclic) bond motifs is 1. The van der Waals surface area contributed by atoms with Crippen molar-refractivity contribution < 1.29 is 14.1 Å². The second kappa shape index (κ2) is 6.83. The van der Waals surface area contributed by atoms with Crippen LogP contribution in [0.5, 0.6) is 0 Å². The van der Waals surface area contributed by atoms with Crippen LogP contribution in [0.25, 0.3) is 22.4 Å². The zero-order valence-corrected chi connectivity index (χ0v) is 14.1. The van der Waals surface area contributed by atoms with Gasteiger partial charge in [0.15, 0.2) is 0 Å². The molecular weight excluding hydrogens is 304 g/mol. The molecule has 0 aliphatic carbocycles. The van der Waals surface area contributed by atoms with Gasteiger partial charge < -0.3 is 9.26 Å². The van der Waals surface area contributed by atoms with Crippen LogP contribution in [0.2, 0.25) is 0 Å². The molecule has 0 aliphatic rings. The normalized spacial score (nSPS) is 11.2. The van der Waals surface area contributed by atoms with Crippen LogP contribution in [0.15, 0.2) is 40.9 Å². The summed E-state index contributed by atoms with van der Waals surface area (Å²) < 4.78 is 10.7. The lowest BCUT2D eigenvalue weighted by atomic mass is 10.1. The predicted octanol–water partition coefficient (Wildman–Crippen LogP) is 4.40. The van der Waals surface area contributed by atoms with Crippen LogP contribution in [0.4, 0.5) is 0 Å². The van der Waals surface area contributed by atoms with Gasteiger partial charge in [-0.1, -0.05) is 49.3 Å². The Kier molecular flexibility index (Phi) is 4.60. The number of rotatable bonds is 5. The minimum absolute atomic E-state index is 0.352. The van der Waals surface area contributed by atoms with Crippen molar-refractivity contribution in [1.29, 1.82) is 0 Å². The maximum Gasteiger partial charge on any atom is 0.339 e. The molecule has 3 aromatic rings. The highest BCUT2D eigenvalue weighted by Gasteiger charge is 2.20. The molecule has 3 rings (SSSR count). The number of carbonyl (C=O) groups is 1. The minimum Gasteiger partial charge on any atom is -0.462 e. The molecule has 1 aromatic carbocycles. The molecule has 2 heterocycles. The number of ether oxygens (including phenoxy) is 1. The second-order valence-electron chi connectivity index (χ2n) is 6.19. The average Bonchev–Trinajstić information content (AvgIpc) is 2.96. The van der Waals surface area contributed by atoms with E-state index in [0.717, 1.165) is 12.0 Å². The molecule has 0 saturated carbocycles. The van der Waals surface area contributed by atoms with Gasteiger partial charge in [-0.2, -0.15) is 0 Å². The lowest BCUT2D eigenvalue weighted by Gasteiger charge is -2.09. The van der Waals surface area contributed by atoms with Crippen molar-refractivity contribution in [3.63, 3.8) is 0 Å². The largest absolute Gasteiger partial charge is 0.462 e. The maximum atomic E-state index is 12.6. The molecule has 0 aliphatic heterocycles. The summed E-state index contributed by atoms with van der Waals surface area (Å²) in [5.41, 5.74) is 3.00. The quantitative estimate of drug-likeness (QED) is 0.651. The number of pyridine rings is 1. The zero-order chi connectivity index (χ0) is 17.1. The third-order valence-corrected chi connectivity index (χ3v) is 3.83. The fourth-order valence-electron chi connectivity index (χ4n) is 2.48. The van der Waals surface area contributed by atoms with Crippen LogP contribution in [-0.2, 0) is 4.74 Å². The summed E-state index contributed by atoms with van der Waals surface area (Å²) in [6, 6.07) is 11.4. The number of carbonyl (C=O) groups excluding carboxylic acids is 1. The van der Waals surface area contributed by atoms with E-state index in [1.165, 1.54) is 0 Å². The van der Waals surface area contributed by atoms with Crippen LogP contribution in [0.1, 0.15) is 36.3 Å². The van der Waals surface area contributed by atoms with Crippen molar-refractivity contribution in [3.05, 3.63) is 47.7 Å². The zero-order valence-electron chi connectivity index (χ0n) is 14.1. The van der Waals surface area contributed by atoms with Gasteiger partial charge in [-0.05, 0) is 25.3 Å². The van der Waals surface area contributed by atoms with Gasteiger partial charge in [0, 0.05) is 5.56 Å². The van der Waals surface area contributed by atoms with E-state index in [0.29, 0.717) is 40.6 Å². The fraction of sp³-hybridized carbons (Fsp3) is 0.316. The Morgan fingerprint density at radius 3 is 2.71 bits per heavy atom. The topological polar surface area (TPSA) is 65.2 Å². The summed E-state index contributed by atoms with van der Waals surface area (Å²) in [4.78, 5) is 17.0. The highest BCUT2D eigenvalue weighted by Crippen LogP contribution is 2.27. The first-order valence-corrected chi connectivity index (χ1v) is 8.06. The van der Waals surface area contributed by atoms with E-state index in [1.807, 2.05) is 30.3 Å². The Hall–Kier alpha value is -2.69. The first-order chi connectivity index (χ1) is 11.6. The van der Waals surface area contributed by atoms with Gasteiger partial charge in [-0.25, -0.2) is 9.78 Å². The monoisotopic (exact) mass is 324 g/mol. The molecule has 0 bridgehead atoms. The molecule has 5 heteroatoms. The summed E-state index contributed by atoms with van der Waals surface area (Å²) in [5, 5.41) is 4.55. The van der Waals surface area contributed by atoms with Gasteiger partial charge in [-0.15, -0.1) is 0 Å². The molecule has 0 atom stereocenters. The molecule has 0 amide bonds. The van der Waals surface area contributed by atoms with Gasteiger partial charge >= 0.3 is 5.97 Å². The van der Waals surface area contributed by atoms with Crippen LogP contribution in [0, 0.1) is 12.8 Å². The van der Waals surface area contributed by atoms with Crippen molar-refractivity contribution >= 4 is 17.1 Å². The molecule has 124 valence electrons. The Labute approximate surface area is 140 Å². The molecule has 0 fully saturated rings. The van der Waals surface area contributed by atoms with Gasteiger partial charge in [0.25, 0.3) is 5.71 Å². The summed E-state index contributed by atoms with van der Waals surface area (Å²) in [7, 11) is 0. The molecule has 24 heavy (non-hydrogen) atoms. The first kappa shape index (κ1) is 16.2. The Bertz CT molecular complexity index is 854. The number of benzene rings is 1. The van der Waals surface area contributed by atoms with Crippen LogP contribution >= 0.6 is 0 Å². The molecule has 5 nitrogen and oxygen atoms in total. The van der Waals surface area contributed by atoms with E-state index in [4.69, 9.17) is 9.26 Å².